The third kappa shape index (κ3) is 9.87. The van der Waals surface area contributed by atoms with Gasteiger partial charge in [0.05, 0.1) is 6.04 Å². The number of hydrogen-bond donors (Lipinski definition) is 2. The van der Waals surface area contributed by atoms with E-state index in [1.807, 2.05) is 13.8 Å². The Labute approximate surface area is 118 Å². The van der Waals surface area contributed by atoms with Crippen LogP contribution in [0.15, 0.2) is 0 Å². The van der Waals surface area contributed by atoms with Crippen molar-refractivity contribution in [2.75, 3.05) is 40.3 Å². The van der Waals surface area contributed by atoms with Gasteiger partial charge in [-0.2, -0.15) is 0 Å². The van der Waals surface area contributed by atoms with E-state index >= 15 is 0 Å². The van der Waals surface area contributed by atoms with E-state index in [4.69, 9.17) is 5.73 Å². The summed E-state index contributed by atoms with van der Waals surface area (Å²) in [4.78, 5) is 16.0. The van der Waals surface area contributed by atoms with Gasteiger partial charge in [-0.3, -0.25) is 4.79 Å². The van der Waals surface area contributed by atoms with Gasteiger partial charge < -0.3 is 20.9 Å². The number of nitrogens with two attached hydrogens (primary N) is 1. The van der Waals surface area contributed by atoms with Crippen molar-refractivity contribution in [3.8, 4) is 0 Å². The van der Waals surface area contributed by atoms with Crippen molar-refractivity contribution in [1.82, 2.24) is 15.1 Å². The van der Waals surface area contributed by atoms with Crippen LogP contribution in [0.1, 0.15) is 33.6 Å². The van der Waals surface area contributed by atoms with Crippen LogP contribution in [0.2, 0.25) is 0 Å². The van der Waals surface area contributed by atoms with Crippen molar-refractivity contribution in [2.24, 2.45) is 5.73 Å². The van der Waals surface area contributed by atoms with E-state index in [9.17, 15) is 4.79 Å². The molecule has 0 fully saturated rings. The summed E-state index contributed by atoms with van der Waals surface area (Å²) in [5.74, 6) is -0.252. The van der Waals surface area contributed by atoms with Crippen LogP contribution in [0.3, 0.4) is 0 Å². The minimum absolute atomic E-state index is 0.223. The minimum atomic E-state index is -0.252. The maximum Gasteiger partial charge on any atom is 0.234 e. The maximum atomic E-state index is 11.4. The van der Waals surface area contributed by atoms with Crippen LogP contribution in [0.5, 0.6) is 0 Å². The Balaban J connectivity index is 4.21. The van der Waals surface area contributed by atoms with E-state index in [1.54, 1.807) is 0 Å². The van der Waals surface area contributed by atoms with Crippen LogP contribution in [0.4, 0.5) is 0 Å². The van der Waals surface area contributed by atoms with E-state index in [2.05, 4.69) is 36.1 Å². The molecule has 0 saturated heterocycles. The van der Waals surface area contributed by atoms with Crippen LogP contribution in [-0.2, 0) is 4.79 Å². The van der Waals surface area contributed by atoms with Crippen LogP contribution >= 0.6 is 0 Å². The number of carbonyl (C=O) groups excluding carboxylic acids is 1. The van der Waals surface area contributed by atoms with E-state index < -0.39 is 0 Å². The third-order valence-corrected chi connectivity index (χ3v) is 3.02. The monoisotopic (exact) mass is 272 g/mol. The fourth-order valence-electron chi connectivity index (χ4n) is 2.01. The van der Waals surface area contributed by atoms with Crippen LogP contribution in [-0.4, -0.2) is 68.1 Å². The summed E-state index contributed by atoms with van der Waals surface area (Å²) in [6, 6.07) is 0.0533. The Hall–Kier alpha value is -0.650. The molecule has 0 heterocycles. The van der Waals surface area contributed by atoms with Crippen LogP contribution in [0, 0.1) is 0 Å². The predicted molar refractivity (Wildman–Crippen MR) is 81.2 cm³/mol. The molecular weight excluding hydrogens is 240 g/mol. The molecule has 114 valence electrons. The summed E-state index contributed by atoms with van der Waals surface area (Å²) in [6.45, 7) is 10.3. The molecule has 19 heavy (non-hydrogen) atoms. The molecule has 0 aliphatic carbocycles. The highest BCUT2D eigenvalue weighted by Gasteiger charge is 2.17. The summed E-state index contributed by atoms with van der Waals surface area (Å²) < 4.78 is 0. The van der Waals surface area contributed by atoms with Gasteiger partial charge in [0.25, 0.3) is 0 Å². The maximum absolute atomic E-state index is 11.4. The van der Waals surface area contributed by atoms with Gasteiger partial charge in [0, 0.05) is 25.7 Å². The quantitative estimate of drug-likeness (QED) is 0.575. The number of rotatable bonds is 11. The Bertz CT molecular complexity index is 244. The average Bonchev–Trinajstić information content (AvgIpc) is 2.29. The van der Waals surface area contributed by atoms with Gasteiger partial charge in [-0.05, 0) is 33.5 Å². The second-order valence-electron chi connectivity index (χ2n) is 5.71. The molecule has 1 atom stereocenters. The molecule has 0 rings (SSSR count). The zero-order chi connectivity index (χ0) is 14.8. The van der Waals surface area contributed by atoms with Crippen molar-refractivity contribution >= 4 is 5.91 Å². The summed E-state index contributed by atoms with van der Waals surface area (Å²) in [5.41, 5.74) is 5.44. The molecule has 1 unspecified atom stereocenters. The highest BCUT2D eigenvalue weighted by atomic mass is 16.1. The first-order chi connectivity index (χ1) is 8.86. The lowest BCUT2D eigenvalue weighted by Crippen LogP contribution is -2.46. The lowest BCUT2D eigenvalue weighted by molar-refractivity contribution is -0.120. The van der Waals surface area contributed by atoms with Gasteiger partial charge >= 0.3 is 0 Å². The van der Waals surface area contributed by atoms with Gasteiger partial charge in [0.1, 0.15) is 0 Å². The zero-order valence-corrected chi connectivity index (χ0v) is 13.3. The van der Waals surface area contributed by atoms with Gasteiger partial charge in [0.15, 0.2) is 0 Å². The molecule has 0 bridgehead atoms. The number of primary amides is 1. The van der Waals surface area contributed by atoms with Crippen molar-refractivity contribution in [3.05, 3.63) is 0 Å². The third-order valence-electron chi connectivity index (χ3n) is 3.02. The molecule has 0 aromatic rings. The fourth-order valence-corrected chi connectivity index (χ4v) is 2.01. The minimum Gasteiger partial charge on any atom is -0.368 e. The number of amides is 1. The first-order valence-electron chi connectivity index (χ1n) is 7.29. The van der Waals surface area contributed by atoms with E-state index in [1.165, 1.54) is 0 Å². The van der Waals surface area contributed by atoms with Gasteiger partial charge in [-0.25, -0.2) is 0 Å². The smallest absolute Gasteiger partial charge is 0.234 e. The lowest BCUT2D eigenvalue weighted by atomic mass is 10.1. The summed E-state index contributed by atoms with van der Waals surface area (Å²) in [5, 5.41) is 3.23. The molecule has 5 nitrogen and oxygen atoms in total. The largest absolute Gasteiger partial charge is 0.368 e. The molecule has 0 aromatic carbocycles. The Morgan fingerprint density at radius 1 is 1.16 bits per heavy atom. The van der Waals surface area contributed by atoms with E-state index in [0.29, 0.717) is 0 Å². The summed E-state index contributed by atoms with van der Waals surface area (Å²) in [6.07, 6.45) is 1.91. The van der Waals surface area contributed by atoms with Gasteiger partial charge in [0.2, 0.25) is 5.91 Å². The first-order valence-corrected chi connectivity index (χ1v) is 7.29. The normalized spacial score (nSPS) is 13.5. The second-order valence-corrected chi connectivity index (χ2v) is 5.71. The second kappa shape index (κ2) is 10.2. The highest BCUT2D eigenvalue weighted by molar-refractivity contribution is 5.79. The standard InChI is InChI=1S/C14H32N4O/c1-6-8-18(11-10-17(4)5)9-7-13(14(15)19)16-12(2)3/h12-13,16H,6-11H2,1-5H3,(H2,15,19). The van der Waals surface area contributed by atoms with E-state index in [0.717, 1.165) is 39.0 Å². The number of hydrogen-bond acceptors (Lipinski definition) is 4. The topological polar surface area (TPSA) is 61.6 Å². The summed E-state index contributed by atoms with van der Waals surface area (Å²) in [7, 11) is 4.16. The van der Waals surface area contributed by atoms with Gasteiger partial charge in [-0.1, -0.05) is 20.8 Å². The van der Waals surface area contributed by atoms with Crippen LogP contribution in [0.25, 0.3) is 0 Å². The number of likely N-dealkylation sites (N-methyl/N-ethyl adjacent to an activating group) is 1. The molecule has 1 amide bonds. The lowest BCUT2D eigenvalue weighted by Gasteiger charge is -2.26. The van der Waals surface area contributed by atoms with Crippen molar-refractivity contribution in [3.63, 3.8) is 0 Å². The Kier molecular flexibility index (Phi) is 9.83. The van der Waals surface area contributed by atoms with Crippen molar-refractivity contribution in [1.29, 1.82) is 0 Å². The average molecular weight is 272 g/mol. The van der Waals surface area contributed by atoms with Crippen molar-refractivity contribution in [2.45, 2.75) is 45.7 Å². The molecule has 0 aliphatic heterocycles. The highest BCUT2D eigenvalue weighted by Crippen LogP contribution is 2.00. The molecular formula is C14H32N4O. The summed E-state index contributed by atoms with van der Waals surface area (Å²) >= 11 is 0. The molecule has 3 N–H and O–H groups in total. The molecule has 0 radical (unpaired) electrons. The van der Waals surface area contributed by atoms with Crippen LogP contribution < -0.4 is 11.1 Å². The SMILES string of the molecule is CCCN(CCC(NC(C)C)C(N)=O)CCN(C)C. The molecule has 0 aliphatic rings. The number of nitrogens with one attached hydrogen (secondary N) is 1. The number of carbonyl (C=O) groups is 1. The Morgan fingerprint density at radius 2 is 1.79 bits per heavy atom. The molecule has 5 heteroatoms. The molecule has 0 saturated carbocycles. The molecule has 0 spiro atoms. The number of nitrogens with zero attached hydrogens (tertiary/aromatic N) is 2. The van der Waals surface area contributed by atoms with Crippen molar-refractivity contribution < 1.29 is 4.79 Å². The first kappa shape index (κ1) is 18.4. The van der Waals surface area contributed by atoms with Gasteiger partial charge in [-0.15, -0.1) is 0 Å². The fraction of sp³-hybridized carbons (Fsp3) is 0.929. The Morgan fingerprint density at radius 3 is 2.21 bits per heavy atom. The van der Waals surface area contributed by atoms with E-state index in [-0.39, 0.29) is 18.0 Å². The molecule has 0 aromatic heterocycles. The zero-order valence-electron chi connectivity index (χ0n) is 13.3. The predicted octanol–water partition coefficient (Wildman–Crippen LogP) is 0.502.